The Hall–Kier alpha value is -1.86. The van der Waals surface area contributed by atoms with Gasteiger partial charge in [0.25, 0.3) is 0 Å². The van der Waals surface area contributed by atoms with Crippen LogP contribution in [0.5, 0.6) is 0 Å². The lowest BCUT2D eigenvalue weighted by Crippen LogP contribution is -2.00. The van der Waals surface area contributed by atoms with Crippen LogP contribution in [0.2, 0.25) is 0 Å². The van der Waals surface area contributed by atoms with E-state index in [-0.39, 0.29) is 10.5 Å². The van der Waals surface area contributed by atoms with E-state index in [2.05, 4.69) is 21.2 Å². The van der Waals surface area contributed by atoms with Gasteiger partial charge in [-0.15, -0.1) is 0 Å². The highest BCUT2D eigenvalue weighted by molar-refractivity contribution is 9.10. The molecule has 2 aromatic carbocycles. The van der Waals surface area contributed by atoms with Crippen LogP contribution >= 0.6 is 15.9 Å². The summed E-state index contributed by atoms with van der Waals surface area (Å²) in [7, 11) is -3.23. The third kappa shape index (κ3) is 3.83. The number of rotatable bonds is 4. The van der Waals surface area contributed by atoms with E-state index in [1.807, 2.05) is 0 Å². The summed E-state index contributed by atoms with van der Waals surface area (Å²) in [4.78, 5) is 11.3. The minimum atomic E-state index is -3.23. The molecule has 0 aliphatic rings. The Morgan fingerprint density at radius 1 is 1.10 bits per heavy atom. The lowest BCUT2D eigenvalue weighted by Gasteiger charge is -2.09. The Bertz CT molecular complexity index is 785. The van der Waals surface area contributed by atoms with Gasteiger partial charge < -0.3 is 10.4 Å². The molecule has 0 heterocycles. The van der Waals surface area contributed by atoms with Crippen molar-refractivity contribution in [3.05, 3.63) is 52.5 Å². The topological polar surface area (TPSA) is 83.5 Å². The van der Waals surface area contributed by atoms with Crippen LogP contribution in [0.1, 0.15) is 10.4 Å². The molecular weight excluding hydrogens is 358 g/mol. The molecule has 0 saturated heterocycles. The molecule has 0 saturated carbocycles. The zero-order valence-electron chi connectivity index (χ0n) is 11.0. The summed E-state index contributed by atoms with van der Waals surface area (Å²) in [6.07, 6.45) is 1.14. The maximum atomic E-state index is 11.4. The van der Waals surface area contributed by atoms with Crippen molar-refractivity contribution in [2.24, 2.45) is 0 Å². The number of hydrogen-bond acceptors (Lipinski definition) is 4. The monoisotopic (exact) mass is 369 g/mol. The van der Waals surface area contributed by atoms with Gasteiger partial charge >= 0.3 is 5.97 Å². The molecule has 0 atom stereocenters. The van der Waals surface area contributed by atoms with Crippen molar-refractivity contribution in [3.63, 3.8) is 0 Å². The van der Waals surface area contributed by atoms with E-state index in [4.69, 9.17) is 5.11 Å². The van der Waals surface area contributed by atoms with Gasteiger partial charge in [-0.1, -0.05) is 0 Å². The van der Waals surface area contributed by atoms with Crippen LogP contribution in [0.3, 0.4) is 0 Å². The van der Waals surface area contributed by atoms with Gasteiger partial charge in [0.15, 0.2) is 9.84 Å². The second-order valence-corrected chi connectivity index (χ2v) is 7.29. The molecule has 0 fully saturated rings. The van der Waals surface area contributed by atoms with Crippen molar-refractivity contribution in [1.29, 1.82) is 0 Å². The minimum absolute atomic E-state index is 0.146. The van der Waals surface area contributed by atoms with Crippen molar-refractivity contribution in [2.75, 3.05) is 11.6 Å². The fraction of sp³-hybridized carbons (Fsp3) is 0.0714. The van der Waals surface area contributed by atoms with Crippen LogP contribution in [0, 0.1) is 0 Å². The first-order valence-corrected chi connectivity index (χ1v) is 8.56. The first-order valence-electron chi connectivity index (χ1n) is 5.87. The third-order valence-corrected chi connectivity index (χ3v) is 4.59. The van der Waals surface area contributed by atoms with Gasteiger partial charge in [-0.2, -0.15) is 0 Å². The van der Waals surface area contributed by atoms with Crippen LogP contribution in [-0.2, 0) is 9.84 Å². The molecule has 0 aromatic heterocycles. The van der Waals surface area contributed by atoms with Crippen molar-refractivity contribution in [3.8, 4) is 0 Å². The molecule has 5 nitrogen and oxygen atoms in total. The fourth-order valence-corrected chi connectivity index (χ4v) is 2.77. The summed E-state index contributed by atoms with van der Waals surface area (Å²) < 4.78 is 23.2. The molecule has 0 unspecified atom stereocenters. The predicted molar refractivity (Wildman–Crippen MR) is 83.9 cm³/mol. The molecule has 2 rings (SSSR count). The van der Waals surface area contributed by atoms with E-state index in [9.17, 15) is 13.2 Å². The lowest BCUT2D eigenvalue weighted by molar-refractivity contribution is 0.0696. The third-order valence-electron chi connectivity index (χ3n) is 2.77. The van der Waals surface area contributed by atoms with E-state index < -0.39 is 15.8 Å². The van der Waals surface area contributed by atoms with Gasteiger partial charge in [0, 0.05) is 22.1 Å². The molecule has 0 spiro atoms. The normalized spacial score (nSPS) is 11.1. The number of carboxylic acids is 1. The SMILES string of the molecule is CS(=O)(=O)c1ccc(Nc2ccc(Br)c(C(=O)O)c2)cc1. The highest BCUT2D eigenvalue weighted by atomic mass is 79.9. The van der Waals surface area contributed by atoms with E-state index in [1.54, 1.807) is 24.3 Å². The Balaban J connectivity index is 2.26. The second kappa shape index (κ2) is 5.87. The Labute approximate surface area is 130 Å². The smallest absolute Gasteiger partial charge is 0.336 e. The standard InChI is InChI=1S/C14H12BrNO4S/c1-21(19,20)11-5-2-9(3-6-11)16-10-4-7-13(15)12(8-10)14(17)18/h2-8,16H,1H3,(H,17,18). The van der Waals surface area contributed by atoms with Crippen LogP contribution in [0.15, 0.2) is 51.8 Å². The van der Waals surface area contributed by atoms with Gasteiger partial charge in [0.05, 0.1) is 10.5 Å². The van der Waals surface area contributed by atoms with E-state index in [0.717, 1.165) is 6.26 Å². The van der Waals surface area contributed by atoms with Crippen LogP contribution in [-0.4, -0.2) is 25.7 Å². The zero-order chi connectivity index (χ0) is 15.6. The second-order valence-electron chi connectivity index (χ2n) is 4.42. The minimum Gasteiger partial charge on any atom is -0.478 e. The molecular formula is C14H12BrNO4S. The molecule has 2 N–H and O–H groups in total. The number of aromatic carboxylic acids is 1. The Morgan fingerprint density at radius 3 is 2.19 bits per heavy atom. The fourth-order valence-electron chi connectivity index (χ4n) is 1.72. The largest absolute Gasteiger partial charge is 0.478 e. The Morgan fingerprint density at radius 2 is 1.67 bits per heavy atom. The molecule has 0 amide bonds. The molecule has 110 valence electrons. The number of halogens is 1. The van der Waals surface area contributed by atoms with Crippen LogP contribution in [0.25, 0.3) is 0 Å². The molecule has 2 aromatic rings. The number of sulfone groups is 1. The number of benzene rings is 2. The first kappa shape index (κ1) is 15.5. The zero-order valence-corrected chi connectivity index (χ0v) is 13.4. The highest BCUT2D eigenvalue weighted by Crippen LogP contribution is 2.24. The van der Waals surface area contributed by atoms with Crippen molar-refractivity contribution in [2.45, 2.75) is 4.90 Å². The van der Waals surface area contributed by atoms with Gasteiger partial charge in [-0.25, -0.2) is 13.2 Å². The summed E-state index contributed by atoms with van der Waals surface area (Å²) >= 11 is 3.17. The molecule has 0 aliphatic heterocycles. The average Bonchev–Trinajstić information content (AvgIpc) is 2.40. The lowest BCUT2D eigenvalue weighted by atomic mass is 10.2. The van der Waals surface area contributed by atoms with Crippen molar-refractivity contribution >= 4 is 43.1 Å². The quantitative estimate of drug-likeness (QED) is 0.863. The highest BCUT2D eigenvalue weighted by Gasteiger charge is 2.10. The van der Waals surface area contributed by atoms with E-state index >= 15 is 0 Å². The molecule has 0 bridgehead atoms. The molecule has 0 aliphatic carbocycles. The Kier molecular flexibility index (Phi) is 4.34. The maximum Gasteiger partial charge on any atom is 0.336 e. The maximum absolute atomic E-state index is 11.4. The first-order chi connectivity index (χ1) is 9.77. The molecule has 7 heteroatoms. The van der Waals surface area contributed by atoms with Crippen molar-refractivity contribution < 1.29 is 18.3 Å². The number of carbonyl (C=O) groups is 1. The van der Waals surface area contributed by atoms with Gasteiger partial charge in [-0.3, -0.25) is 0 Å². The number of anilines is 2. The number of hydrogen-bond donors (Lipinski definition) is 2. The van der Waals surface area contributed by atoms with E-state index in [1.165, 1.54) is 18.2 Å². The van der Waals surface area contributed by atoms with Gasteiger partial charge in [0.1, 0.15) is 0 Å². The van der Waals surface area contributed by atoms with Gasteiger partial charge in [-0.05, 0) is 58.4 Å². The summed E-state index contributed by atoms with van der Waals surface area (Å²) in [5, 5.41) is 12.1. The van der Waals surface area contributed by atoms with Crippen LogP contribution < -0.4 is 5.32 Å². The van der Waals surface area contributed by atoms with Gasteiger partial charge in [0.2, 0.25) is 0 Å². The molecule has 21 heavy (non-hydrogen) atoms. The summed E-state index contributed by atoms with van der Waals surface area (Å²) in [6, 6.07) is 11.1. The summed E-state index contributed by atoms with van der Waals surface area (Å²) in [6.45, 7) is 0. The average molecular weight is 370 g/mol. The number of nitrogens with one attached hydrogen (secondary N) is 1. The van der Waals surface area contributed by atoms with Crippen LogP contribution in [0.4, 0.5) is 11.4 Å². The van der Waals surface area contributed by atoms with E-state index in [0.29, 0.717) is 15.8 Å². The number of carboxylic acid groups (broad SMARTS) is 1. The summed E-state index contributed by atoms with van der Waals surface area (Å²) in [5.41, 5.74) is 1.41. The predicted octanol–water partition coefficient (Wildman–Crippen LogP) is 3.29. The molecule has 0 radical (unpaired) electrons. The van der Waals surface area contributed by atoms with Crippen molar-refractivity contribution in [1.82, 2.24) is 0 Å². The summed E-state index contributed by atoms with van der Waals surface area (Å²) in [5.74, 6) is -1.03.